The molecule has 0 bridgehead atoms. The lowest BCUT2D eigenvalue weighted by Crippen LogP contribution is -2.43. The fraction of sp³-hybridized carbons (Fsp3) is 0.333. The van der Waals surface area contributed by atoms with Gasteiger partial charge in [-0.3, -0.25) is 15.4 Å². The number of ether oxygens (including phenoxy) is 1. The molecule has 3 aromatic heterocycles. The van der Waals surface area contributed by atoms with E-state index in [1.165, 1.54) is 17.5 Å². The first-order valence-electron chi connectivity index (χ1n) is 14.2. The predicted octanol–water partition coefficient (Wildman–Crippen LogP) is 5.53. The Bertz CT molecular complexity index is 1510. The van der Waals surface area contributed by atoms with Crippen LogP contribution in [0.15, 0.2) is 67.1 Å². The number of hydrogen-bond donors (Lipinski definition) is 3. The van der Waals surface area contributed by atoms with Gasteiger partial charge in [0.1, 0.15) is 5.82 Å². The summed E-state index contributed by atoms with van der Waals surface area (Å²) < 4.78 is 5.67. The van der Waals surface area contributed by atoms with E-state index in [0.717, 1.165) is 73.3 Å². The van der Waals surface area contributed by atoms with Crippen LogP contribution in [-0.2, 0) is 17.6 Å². The maximum Gasteiger partial charge on any atom is 0.132 e. The van der Waals surface area contributed by atoms with Crippen LogP contribution in [0, 0.1) is 12.3 Å². The molecule has 1 aliphatic heterocycles. The van der Waals surface area contributed by atoms with Gasteiger partial charge >= 0.3 is 0 Å². The molecule has 0 spiro atoms. The van der Waals surface area contributed by atoms with E-state index in [-0.39, 0.29) is 5.71 Å². The lowest BCUT2D eigenvalue weighted by Gasteiger charge is -2.28. The molecule has 1 aromatic carbocycles. The third-order valence-corrected chi connectivity index (χ3v) is 8.19. The highest BCUT2D eigenvalue weighted by Crippen LogP contribution is 2.29. The van der Waals surface area contributed by atoms with E-state index in [0.29, 0.717) is 29.2 Å². The van der Waals surface area contributed by atoms with E-state index in [1.807, 2.05) is 37.3 Å². The molecule has 204 valence electrons. The summed E-state index contributed by atoms with van der Waals surface area (Å²) in [5.74, 6) is 0.329. The van der Waals surface area contributed by atoms with Crippen molar-refractivity contribution in [2.45, 2.75) is 57.5 Å². The lowest BCUT2D eigenvalue weighted by atomic mass is 9.95. The van der Waals surface area contributed by atoms with Crippen molar-refractivity contribution in [3.63, 3.8) is 0 Å². The molecule has 40 heavy (non-hydrogen) atoms. The summed E-state index contributed by atoms with van der Waals surface area (Å²) in [6.07, 6.45) is 12.1. The molecule has 4 aromatic rings. The normalized spacial score (nSPS) is 19.0. The maximum atomic E-state index is 8.88. The topological polar surface area (TPSA) is 110 Å². The van der Waals surface area contributed by atoms with Crippen molar-refractivity contribution in [3.8, 4) is 22.4 Å². The molecule has 1 fully saturated rings. The van der Waals surface area contributed by atoms with E-state index in [9.17, 15) is 0 Å². The highest BCUT2D eigenvalue weighted by Gasteiger charge is 2.22. The van der Waals surface area contributed by atoms with Gasteiger partial charge in [-0.2, -0.15) is 0 Å². The van der Waals surface area contributed by atoms with Gasteiger partial charge in [-0.05, 0) is 92.0 Å². The molecule has 0 saturated carbocycles. The Kier molecular flexibility index (Phi) is 7.66. The molecule has 6 rings (SSSR count). The summed E-state index contributed by atoms with van der Waals surface area (Å²) in [5.41, 5.74) is 15.4. The van der Waals surface area contributed by atoms with E-state index < -0.39 is 0 Å². The molecule has 2 unspecified atom stereocenters. The second-order valence-corrected chi connectivity index (χ2v) is 11.0. The number of anilines is 1. The number of nitrogens with zero attached hydrogens (tertiary/aromatic N) is 3. The first-order chi connectivity index (χ1) is 19.5. The van der Waals surface area contributed by atoms with E-state index >= 15 is 0 Å². The Morgan fingerprint density at radius 3 is 2.50 bits per heavy atom. The van der Waals surface area contributed by atoms with Crippen LogP contribution in [0.5, 0.6) is 0 Å². The van der Waals surface area contributed by atoms with Crippen molar-refractivity contribution in [3.05, 3.63) is 95.1 Å². The van der Waals surface area contributed by atoms with Crippen molar-refractivity contribution in [2.24, 2.45) is 0 Å². The third-order valence-electron chi connectivity index (χ3n) is 8.19. The van der Waals surface area contributed by atoms with E-state index in [1.54, 1.807) is 18.6 Å². The number of benzene rings is 1. The first kappa shape index (κ1) is 26.3. The van der Waals surface area contributed by atoms with Gasteiger partial charge in [0, 0.05) is 54.0 Å². The Labute approximate surface area is 235 Å². The number of pyridine rings is 3. The van der Waals surface area contributed by atoms with Crippen LogP contribution in [0.25, 0.3) is 22.4 Å². The minimum Gasteiger partial charge on any atom is -0.383 e. The van der Waals surface area contributed by atoms with Crippen molar-refractivity contribution >= 4 is 11.5 Å². The number of nitrogen functional groups attached to an aromatic ring is 1. The molecule has 4 heterocycles. The van der Waals surface area contributed by atoms with Crippen LogP contribution in [-0.4, -0.2) is 46.0 Å². The molecule has 0 radical (unpaired) electrons. The predicted molar refractivity (Wildman–Crippen MR) is 160 cm³/mol. The molecular formula is C33H36N6O. The number of fused-ring (bicyclic) bond motifs is 1. The molecule has 4 N–H and O–H groups in total. The van der Waals surface area contributed by atoms with Gasteiger partial charge in [-0.25, -0.2) is 4.98 Å². The number of hydrogen-bond acceptors (Lipinski definition) is 7. The number of aryl methyl sites for hydroxylation is 3. The van der Waals surface area contributed by atoms with Gasteiger partial charge in [0.15, 0.2) is 0 Å². The summed E-state index contributed by atoms with van der Waals surface area (Å²) in [6.45, 7) is 3.76. The number of nitrogens with one attached hydrogen (secondary N) is 2. The molecule has 0 amide bonds. The van der Waals surface area contributed by atoms with Crippen LogP contribution in [0.1, 0.15) is 53.6 Å². The van der Waals surface area contributed by atoms with Gasteiger partial charge in [-0.15, -0.1) is 0 Å². The molecule has 2 aliphatic rings. The molecule has 1 saturated heterocycles. The van der Waals surface area contributed by atoms with Gasteiger partial charge < -0.3 is 15.8 Å². The van der Waals surface area contributed by atoms with Crippen molar-refractivity contribution in [1.29, 1.82) is 5.41 Å². The van der Waals surface area contributed by atoms with Crippen LogP contribution in [0.3, 0.4) is 0 Å². The van der Waals surface area contributed by atoms with Crippen LogP contribution < -0.4 is 11.1 Å². The minimum absolute atomic E-state index is 0.256. The molecule has 7 heteroatoms. The smallest absolute Gasteiger partial charge is 0.132 e. The molecule has 7 nitrogen and oxygen atoms in total. The largest absolute Gasteiger partial charge is 0.383 e. The standard InChI is InChI=1S/C33H36N6O/c1-21-4-2-14-36-32(21)25-10-13-30(37-18-25)31(34)29-17-26(19-38-33(29)35)24-7-6-22-8-11-27(12-9-23(22)16-24)39-28-5-3-15-40-20-28/h2,4,6-7,10,13-14,16-19,27-28,34,39H,3,5,8-9,11-12,15,20H2,1H3,(H2,35,38). The van der Waals surface area contributed by atoms with Crippen molar-refractivity contribution in [1.82, 2.24) is 20.3 Å². The summed E-state index contributed by atoms with van der Waals surface area (Å²) in [4.78, 5) is 13.5. The van der Waals surface area contributed by atoms with Crippen LogP contribution in [0.4, 0.5) is 5.82 Å². The summed E-state index contributed by atoms with van der Waals surface area (Å²) in [7, 11) is 0. The van der Waals surface area contributed by atoms with E-state index in [4.69, 9.17) is 15.9 Å². The Morgan fingerprint density at radius 2 is 1.73 bits per heavy atom. The average Bonchev–Trinajstić information content (AvgIpc) is 3.20. The van der Waals surface area contributed by atoms with Gasteiger partial charge in [0.05, 0.1) is 23.7 Å². The highest BCUT2D eigenvalue weighted by atomic mass is 16.5. The summed E-state index contributed by atoms with van der Waals surface area (Å²) >= 11 is 0. The highest BCUT2D eigenvalue weighted by molar-refractivity contribution is 6.12. The van der Waals surface area contributed by atoms with Gasteiger partial charge in [-0.1, -0.05) is 24.3 Å². The SMILES string of the molecule is Cc1cccnc1-c1ccc(C(=N)c2cc(-c3ccc4c(c3)CCC(NC3CCCOC3)CC4)cnc2N)nc1. The Morgan fingerprint density at radius 1 is 0.900 bits per heavy atom. The average molecular weight is 533 g/mol. The maximum absolute atomic E-state index is 8.88. The third kappa shape index (κ3) is 5.67. The molecular weight excluding hydrogens is 496 g/mol. The lowest BCUT2D eigenvalue weighted by molar-refractivity contribution is 0.0656. The minimum atomic E-state index is 0.256. The number of aromatic nitrogens is 3. The zero-order valence-corrected chi connectivity index (χ0v) is 23.0. The van der Waals surface area contributed by atoms with Gasteiger partial charge in [0.25, 0.3) is 0 Å². The van der Waals surface area contributed by atoms with Crippen molar-refractivity contribution in [2.75, 3.05) is 18.9 Å². The number of nitrogens with two attached hydrogens (primary N) is 1. The second-order valence-electron chi connectivity index (χ2n) is 11.0. The van der Waals surface area contributed by atoms with Crippen LogP contribution in [0.2, 0.25) is 0 Å². The monoisotopic (exact) mass is 532 g/mol. The fourth-order valence-corrected chi connectivity index (χ4v) is 5.90. The van der Waals surface area contributed by atoms with Crippen LogP contribution >= 0.6 is 0 Å². The fourth-order valence-electron chi connectivity index (χ4n) is 5.90. The summed E-state index contributed by atoms with van der Waals surface area (Å²) in [5, 5.41) is 12.7. The molecule has 1 aliphatic carbocycles. The van der Waals surface area contributed by atoms with Crippen molar-refractivity contribution < 1.29 is 4.74 Å². The first-order valence-corrected chi connectivity index (χ1v) is 14.2. The number of rotatable bonds is 6. The zero-order chi connectivity index (χ0) is 27.5. The Balaban J connectivity index is 1.19. The van der Waals surface area contributed by atoms with E-state index in [2.05, 4.69) is 38.5 Å². The van der Waals surface area contributed by atoms with Gasteiger partial charge in [0.2, 0.25) is 0 Å². The molecule has 2 atom stereocenters. The Hall–Kier alpha value is -3.94. The zero-order valence-electron chi connectivity index (χ0n) is 23.0. The second kappa shape index (κ2) is 11.7. The summed E-state index contributed by atoms with van der Waals surface area (Å²) in [6, 6.07) is 17.5. The quantitative estimate of drug-likeness (QED) is 0.223.